The van der Waals surface area contributed by atoms with Gasteiger partial charge in [-0.3, -0.25) is 0 Å². The van der Waals surface area contributed by atoms with Gasteiger partial charge in [-0.2, -0.15) is 0 Å². The highest BCUT2D eigenvalue weighted by Gasteiger charge is 2.42. The Morgan fingerprint density at radius 3 is 3.00 bits per heavy atom. The zero-order valence-electron chi connectivity index (χ0n) is 11.3. The largest absolute Gasteiger partial charge is 0.0651 e. The molecule has 17 heavy (non-hydrogen) atoms. The molecule has 0 spiro atoms. The zero-order valence-corrected chi connectivity index (χ0v) is 11.3. The molecule has 2 atom stereocenters. The molecule has 0 nitrogen and oxygen atoms in total. The van der Waals surface area contributed by atoms with E-state index in [1.54, 1.807) is 16.7 Å². The lowest BCUT2D eigenvalue weighted by Crippen LogP contribution is -2.27. The molecule has 0 heterocycles. The Kier molecular flexibility index (Phi) is 2.77. The summed E-state index contributed by atoms with van der Waals surface area (Å²) < 4.78 is 0. The lowest BCUT2D eigenvalue weighted by Gasteiger charge is -2.38. The first-order valence-electron chi connectivity index (χ1n) is 7.35. The Bertz CT molecular complexity index is 418. The van der Waals surface area contributed by atoms with Gasteiger partial charge in [0.15, 0.2) is 0 Å². The van der Waals surface area contributed by atoms with Gasteiger partial charge in [0.2, 0.25) is 0 Å². The van der Waals surface area contributed by atoms with Crippen LogP contribution >= 0.6 is 0 Å². The van der Waals surface area contributed by atoms with Gasteiger partial charge in [-0.1, -0.05) is 44.9 Å². The lowest BCUT2D eigenvalue weighted by atomic mass is 9.66. The van der Waals surface area contributed by atoms with Crippen LogP contribution in [0.2, 0.25) is 0 Å². The van der Waals surface area contributed by atoms with Gasteiger partial charge in [-0.15, -0.1) is 0 Å². The molecule has 0 bridgehead atoms. The fourth-order valence-electron chi connectivity index (χ4n) is 4.26. The maximum absolute atomic E-state index is 2.53. The van der Waals surface area contributed by atoms with Gasteiger partial charge in [-0.05, 0) is 60.1 Å². The van der Waals surface area contributed by atoms with Crippen molar-refractivity contribution < 1.29 is 0 Å². The summed E-state index contributed by atoms with van der Waals surface area (Å²) in [6.45, 7) is 4.82. The van der Waals surface area contributed by atoms with E-state index in [1.165, 1.54) is 44.9 Å². The van der Waals surface area contributed by atoms with E-state index in [0.717, 1.165) is 5.92 Å². The fourth-order valence-corrected chi connectivity index (χ4v) is 4.26. The van der Waals surface area contributed by atoms with Crippen LogP contribution in [0.5, 0.6) is 0 Å². The highest BCUT2D eigenvalue weighted by atomic mass is 14.5. The fraction of sp³-hybridized carbons (Fsp3) is 0.647. The van der Waals surface area contributed by atoms with E-state index < -0.39 is 0 Å². The average molecular weight is 228 g/mol. The van der Waals surface area contributed by atoms with Crippen molar-refractivity contribution in [3.8, 4) is 0 Å². The highest BCUT2D eigenvalue weighted by molar-refractivity contribution is 5.41. The van der Waals surface area contributed by atoms with Gasteiger partial charge in [-0.25, -0.2) is 0 Å². The number of hydrogen-bond donors (Lipinski definition) is 0. The van der Waals surface area contributed by atoms with Crippen molar-refractivity contribution in [3.63, 3.8) is 0 Å². The summed E-state index contributed by atoms with van der Waals surface area (Å²) >= 11 is 0. The Labute approximate surface area is 105 Å². The second-order valence-corrected chi connectivity index (χ2v) is 6.33. The van der Waals surface area contributed by atoms with Crippen LogP contribution in [-0.2, 0) is 12.8 Å². The number of rotatable bonds is 2. The SMILES string of the molecule is CCCc1cccc2c1CC[C@@]1(C)CCC[C@@H]21. The summed E-state index contributed by atoms with van der Waals surface area (Å²) in [4.78, 5) is 0. The maximum atomic E-state index is 2.53. The molecule has 0 aliphatic heterocycles. The molecule has 0 N–H and O–H groups in total. The molecule has 1 aromatic carbocycles. The van der Waals surface area contributed by atoms with E-state index in [4.69, 9.17) is 0 Å². The first-order valence-corrected chi connectivity index (χ1v) is 7.35. The van der Waals surface area contributed by atoms with Crippen LogP contribution in [0, 0.1) is 5.41 Å². The van der Waals surface area contributed by atoms with Crippen molar-refractivity contribution >= 4 is 0 Å². The topological polar surface area (TPSA) is 0 Å². The van der Waals surface area contributed by atoms with Crippen LogP contribution in [0.1, 0.15) is 68.6 Å². The standard InChI is InChI=1S/C17H24/c1-3-6-13-7-4-8-15-14(13)10-12-17(2)11-5-9-16(15)17/h4,7-8,16H,3,5-6,9-12H2,1-2H3/t16-,17+/m0/s1. The summed E-state index contributed by atoms with van der Waals surface area (Å²) in [5.41, 5.74) is 5.69. The minimum atomic E-state index is 0.623. The minimum Gasteiger partial charge on any atom is -0.0651 e. The molecule has 1 saturated carbocycles. The summed E-state index contributed by atoms with van der Waals surface area (Å²) in [6, 6.07) is 7.08. The molecule has 0 aromatic heterocycles. The van der Waals surface area contributed by atoms with Crippen LogP contribution in [0.15, 0.2) is 18.2 Å². The highest BCUT2D eigenvalue weighted by Crippen LogP contribution is 2.55. The first-order chi connectivity index (χ1) is 8.24. The predicted molar refractivity (Wildman–Crippen MR) is 73.5 cm³/mol. The molecule has 2 aliphatic carbocycles. The summed E-state index contributed by atoms with van der Waals surface area (Å²) in [5.74, 6) is 0.864. The van der Waals surface area contributed by atoms with Crippen molar-refractivity contribution in [1.29, 1.82) is 0 Å². The van der Waals surface area contributed by atoms with Crippen molar-refractivity contribution in [2.45, 2.75) is 64.7 Å². The molecule has 1 aromatic rings. The summed E-state index contributed by atoms with van der Waals surface area (Å²) in [7, 11) is 0. The maximum Gasteiger partial charge on any atom is -0.0105 e. The molecule has 0 amide bonds. The van der Waals surface area contributed by atoms with Crippen molar-refractivity contribution in [2.24, 2.45) is 5.41 Å². The van der Waals surface area contributed by atoms with Gasteiger partial charge in [0.25, 0.3) is 0 Å². The number of benzene rings is 1. The molecular weight excluding hydrogens is 204 g/mol. The third kappa shape index (κ3) is 1.73. The average Bonchev–Trinajstić information content (AvgIpc) is 2.72. The molecule has 3 rings (SSSR count). The molecule has 0 unspecified atom stereocenters. The van der Waals surface area contributed by atoms with Crippen molar-refractivity contribution in [2.75, 3.05) is 0 Å². The Balaban J connectivity index is 2.04. The molecule has 1 fully saturated rings. The third-order valence-corrected chi connectivity index (χ3v) is 5.23. The molecule has 0 radical (unpaired) electrons. The molecule has 2 aliphatic rings. The van der Waals surface area contributed by atoms with Gasteiger partial charge in [0, 0.05) is 0 Å². The van der Waals surface area contributed by atoms with E-state index in [-0.39, 0.29) is 0 Å². The van der Waals surface area contributed by atoms with E-state index in [1.807, 2.05) is 0 Å². The second-order valence-electron chi connectivity index (χ2n) is 6.33. The molecule has 0 saturated heterocycles. The first kappa shape index (κ1) is 11.3. The van der Waals surface area contributed by atoms with Crippen LogP contribution < -0.4 is 0 Å². The lowest BCUT2D eigenvalue weighted by molar-refractivity contribution is 0.252. The minimum absolute atomic E-state index is 0.623. The summed E-state index contributed by atoms with van der Waals surface area (Å²) in [5, 5.41) is 0. The van der Waals surface area contributed by atoms with Gasteiger partial charge >= 0.3 is 0 Å². The van der Waals surface area contributed by atoms with Crippen LogP contribution in [0.25, 0.3) is 0 Å². The van der Waals surface area contributed by atoms with E-state index in [2.05, 4.69) is 32.0 Å². The number of aryl methyl sites for hydroxylation is 1. The Hall–Kier alpha value is -0.780. The van der Waals surface area contributed by atoms with Gasteiger partial charge < -0.3 is 0 Å². The quantitative estimate of drug-likeness (QED) is 0.678. The van der Waals surface area contributed by atoms with Gasteiger partial charge in [0.05, 0.1) is 0 Å². The molecule has 92 valence electrons. The number of hydrogen-bond acceptors (Lipinski definition) is 0. The van der Waals surface area contributed by atoms with E-state index >= 15 is 0 Å². The molecule has 0 heteroatoms. The normalized spacial score (nSPS) is 31.1. The predicted octanol–water partition coefficient (Wildman–Crippen LogP) is 4.86. The van der Waals surface area contributed by atoms with Crippen molar-refractivity contribution in [1.82, 2.24) is 0 Å². The van der Waals surface area contributed by atoms with Crippen LogP contribution in [0.4, 0.5) is 0 Å². The number of fused-ring (bicyclic) bond motifs is 3. The third-order valence-electron chi connectivity index (χ3n) is 5.23. The monoisotopic (exact) mass is 228 g/mol. The Morgan fingerprint density at radius 1 is 1.29 bits per heavy atom. The van der Waals surface area contributed by atoms with E-state index in [9.17, 15) is 0 Å². The van der Waals surface area contributed by atoms with Crippen LogP contribution in [0.3, 0.4) is 0 Å². The van der Waals surface area contributed by atoms with E-state index in [0.29, 0.717) is 5.41 Å². The molecular formula is C17H24. The van der Waals surface area contributed by atoms with Crippen LogP contribution in [-0.4, -0.2) is 0 Å². The van der Waals surface area contributed by atoms with Crippen molar-refractivity contribution in [3.05, 3.63) is 34.9 Å². The second kappa shape index (κ2) is 4.15. The van der Waals surface area contributed by atoms with Gasteiger partial charge in [0.1, 0.15) is 0 Å². The zero-order chi connectivity index (χ0) is 11.9. The Morgan fingerprint density at radius 2 is 2.18 bits per heavy atom. The summed E-state index contributed by atoms with van der Waals surface area (Å²) in [6.07, 6.45) is 9.63. The smallest absolute Gasteiger partial charge is 0.0105 e.